The summed E-state index contributed by atoms with van der Waals surface area (Å²) in [6, 6.07) is -1.07. The van der Waals surface area contributed by atoms with Gasteiger partial charge in [-0.2, -0.15) is 0 Å². The van der Waals surface area contributed by atoms with Crippen LogP contribution in [-0.4, -0.2) is 22.9 Å². The van der Waals surface area contributed by atoms with E-state index < -0.39 is 24.2 Å². The minimum atomic E-state index is -1.15. The van der Waals surface area contributed by atoms with Crippen molar-refractivity contribution >= 4 is 11.8 Å². The van der Waals surface area contributed by atoms with E-state index >= 15 is 0 Å². The van der Waals surface area contributed by atoms with Crippen molar-refractivity contribution in [2.75, 3.05) is 0 Å². The number of Topliss-reactive ketones (excluding diaryl/α,β-unsaturated/α-hetero) is 1. The van der Waals surface area contributed by atoms with Gasteiger partial charge in [-0.1, -0.05) is 5.11 Å². The third-order valence-corrected chi connectivity index (χ3v) is 1.03. The molecule has 0 aromatic carbocycles. The average Bonchev–Trinajstić information content (AvgIpc) is 1.86. The number of carbonyl (C=O) groups is 2. The molecule has 0 aromatic rings. The zero-order valence-electron chi connectivity index (χ0n) is 5.89. The Morgan fingerprint density at radius 1 is 1.73 bits per heavy atom. The summed E-state index contributed by atoms with van der Waals surface area (Å²) >= 11 is 0. The van der Waals surface area contributed by atoms with Gasteiger partial charge in [0.05, 0.1) is 6.42 Å². The maximum absolute atomic E-state index is 10.5. The lowest BCUT2D eigenvalue weighted by molar-refractivity contribution is -0.138. The molecule has 0 spiro atoms. The fourth-order valence-corrected chi connectivity index (χ4v) is 0.494. The van der Waals surface area contributed by atoms with Gasteiger partial charge in [-0.25, -0.2) is 0 Å². The summed E-state index contributed by atoms with van der Waals surface area (Å²) in [6.07, 6.45) is -0.445. The molecular weight excluding hydrogens is 150 g/mol. The number of carbonyl (C=O) groups excluding carboxylic acids is 1. The first kappa shape index (κ1) is 9.45. The molecule has 1 unspecified atom stereocenters. The van der Waals surface area contributed by atoms with Crippen LogP contribution in [0.4, 0.5) is 0 Å². The van der Waals surface area contributed by atoms with Crippen molar-refractivity contribution in [1.29, 1.82) is 0 Å². The molecule has 1 N–H and O–H groups in total. The molecule has 0 radical (unpaired) electrons. The van der Waals surface area contributed by atoms with Crippen LogP contribution in [0.3, 0.4) is 0 Å². The van der Waals surface area contributed by atoms with Crippen molar-refractivity contribution in [2.24, 2.45) is 5.11 Å². The summed E-state index contributed by atoms with van der Waals surface area (Å²) in [4.78, 5) is 22.9. The standard InChI is InChI=1S/C5H7N3O3/c1-3(9)4(7-8-6)2-5(10)11/h4H,2H2,1H3,(H,10,11). The summed E-state index contributed by atoms with van der Waals surface area (Å²) in [6.45, 7) is 1.18. The highest BCUT2D eigenvalue weighted by atomic mass is 16.4. The highest BCUT2D eigenvalue weighted by Gasteiger charge is 2.15. The summed E-state index contributed by atoms with van der Waals surface area (Å²) in [5, 5.41) is 11.2. The molecular formula is C5H7N3O3. The van der Waals surface area contributed by atoms with E-state index in [1.807, 2.05) is 0 Å². The molecule has 0 saturated carbocycles. The molecule has 6 nitrogen and oxygen atoms in total. The smallest absolute Gasteiger partial charge is 0.304 e. The van der Waals surface area contributed by atoms with Gasteiger partial charge >= 0.3 is 5.97 Å². The molecule has 0 aliphatic rings. The zero-order valence-corrected chi connectivity index (χ0v) is 5.89. The number of nitrogens with zero attached hydrogens (tertiary/aromatic N) is 3. The third kappa shape index (κ3) is 3.94. The van der Waals surface area contributed by atoms with Gasteiger partial charge in [0.25, 0.3) is 0 Å². The number of aliphatic carboxylic acids is 1. The highest BCUT2D eigenvalue weighted by Crippen LogP contribution is 1.99. The number of azide groups is 1. The van der Waals surface area contributed by atoms with E-state index in [2.05, 4.69) is 10.0 Å². The van der Waals surface area contributed by atoms with Gasteiger partial charge in [0.1, 0.15) is 11.8 Å². The molecule has 11 heavy (non-hydrogen) atoms. The predicted octanol–water partition coefficient (Wildman–Crippen LogP) is 0.729. The molecule has 0 fully saturated rings. The number of ketones is 1. The fourth-order valence-electron chi connectivity index (χ4n) is 0.494. The molecule has 0 aromatic heterocycles. The first-order valence-corrected chi connectivity index (χ1v) is 2.84. The predicted molar refractivity (Wildman–Crippen MR) is 35.9 cm³/mol. The molecule has 0 bridgehead atoms. The molecule has 0 saturated heterocycles. The summed E-state index contributed by atoms with van der Waals surface area (Å²) in [5.41, 5.74) is 7.91. The fraction of sp³-hybridized carbons (Fsp3) is 0.600. The Hall–Kier alpha value is -1.55. The molecule has 6 heteroatoms. The van der Waals surface area contributed by atoms with Crippen LogP contribution in [0, 0.1) is 0 Å². The lowest BCUT2D eigenvalue weighted by Gasteiger charge is -2.00. The maximum Gasteiger partial charge on any atom is 0.304 e. The van der Waals surface area contributed by atoms with Crippen LogP contribution >= 0.6 is 0 Å². The molecule has 1 atom stereocenters. The van der Waals surface area contributed by atoms with E-state index in [0.29, 0.717) is 0 Å². The quantitative estimate of drug-likeness (QED) is 0.369. The average molecular weight is 157 g/mol. The number of hydrogen-bond donors (Lipinski definition) is 1. The van der Waals surface area contributed by atoms with Crippen LogP contribution < -0.4 is 0 Å². The summed E-state index contributed by atoms with van der Waals surface area (Å²) in [7, 11) is 0. The van der Waals surface area contributed by atoms with Crippen molar-refractivity contribution < 1.29 is 14.7 Å². The zero-order chi connectivity index (χ0) is 8.85. The van der Waals surface area contributed by atoms with Crippen LogP contribution in [0.1, 0.15) is 13.3 Å². The topological polar surface area (TPSA) is 103 Å². The lowest BCUT2D eigenvalue weighted by Crippen LogP contribution is -2.18. The van der Waals surface area contributed by atoms with Crippen molar-refractivity contribution in [3.63, 3.8) is 0 Å². The Balaban J connectivity index is 4.22. The van der Waals surface area contributed by atoms with Crippen LogP contribution in [0.2, 0.25) is 0 Å². The summed E-state index contributed by atoms with van der Waals surface area (Å²) < 4.78 is 0. The normalized spacial score (nSPS) is 11.4. The van der Waals surface area contributed by atoms with Gasteiger partial charge < -0.3 is 5.11 Å². The second-order valence-corrected chi connectivity index (χ2v) is 1.93. The third-order valence-electron chi connectivity index (χ3n) is 1.03. The largest absolute Gasteiger partial charge is 0.481 e. The lowest BCUT2D eigenvalue weighted by atomic mass is 10.1. The van der Waals surface area contributed by atoms with Crippen molar-refractivity contribution in [3.05, 3.63) is 10.4 Å². The summed E-state index contributed by atoms with van der Waals surface area (Å²) in [5.74, 6) is -1.59. The molecule has 0 rings (SSSR count). The first-order chi connectivity index (χ1) is 5.07. The van der Waals surface area contributed by atoms with Crippen molar-refractivity contribution in [1.82, 2.24) is 0 Å². The van der Waals surface area contributed by atoms with Crippen molar-refractivity contribution in [2.45, 2.75) is 19.4 Å². The van der Waals surface area contributed by atoms with Gasteiger partial charge in [-0.3, -0.25) is 9.59 Å². The van der Waals surface area contributed by atoms with E-state index in [9.17, 15) is 9.59 Å². The molecule has 0 aliphatic carbocycles. The Kier molecular flexibility index (Phi) is 3.69. The number of hydrogen-bond acceptors (Lipinski definition) is 3. The van der Waals surface area contributed by atoms with Gasteiger partial charge in [0.2, 0.25) is 0 Å². The second kappa shape index (κ2) is 4.29. The Morgan fingerprint density at radius 2 is 2.27 bits per heavy atom. The van der Waals surface area contributed by atoms with Gasteiger partial charge in [-0.15, -0.1) is 0 Å². The van der Waals surface area contributed by atoms with Crippen LogP contribution in [0.15, 0.2) is 5.11 Å². The van der Waals surface area contributed by atoms with Gasteiger partial charge in [0, 0.05) is 4.91 Å². The van der Waals surface area contributed by atoms with E-state index in [4.69, 9.17) is 10.6 Å². The highest BCUT2D eigenvalue weighted by molar-refractivity contribution is 5.85. The van der Waals surface area contributed by atoms with E-state index in [1.54, 1.807) is 0 Å². The molecule has 0 heterocycles. The van der Waals surface area contributed by atoms with Crippen LogP contribution in [0.25, 0.3) is 10.4 Å². The van der Waals surface area contributed by atoms with Gasteiger partial charge in [-0.05, 0) is 12.5 Å². The number of rotatable bonds is 4. The van der Waals surface area contributed by atoms with E-state index in [0.717, 1.165) is 0 Å². The Morgan fingerprint density at radius 3 is 2.55 bits per heavy atom. The first-order valence-electron chi connectivity index (χ1n) is 2.84. The second-order valence-electron chi connectivity index (χ2n) is 1.93. The minimum Gasteiger partial charge on any atom is -0.481 e. The Bertz CT molecular complexity index is 217. The van der Waals surface area contributed by atoms with Crippen molar-refractivity contribution in [3.8, 4) is 0 Å². The van der Waals surface area contributed by atoms with Gasteiger partial charge in [0.15, 0.2) is 0 Å². The van der Waals surface area contributed by atoms with E-state index in [1.165, 1.54) is 6.92 Å². The van der Waals surface area contributed by atoms with E-state index in [-0.39, 0.29) is 0 Å². The number of carboxylic acids is 1. The monoisotopic (exact) mass is 157 g/mol. The Labute approximate surface area is 62.5 Å². The SMILES string of the molecule is CC(=O)C(CC(=O)O)N=[N+]=[N-]. The van der Waals surface area contributed by atoms with Crippen LogP contribution in [0.5, 0.6) is 0 Å². The number of carboxylic acid groups (broad SMARTS) is 1. The maximum atomic E-state index is 10.5. The molecule has 60 valence electrons. The molecule has 0 amide bonds. The molecule has 0 aliphatic heterocycles. The minimum absolute atomic E-state index is 0.440. The van der Waals surface area contributed by atoms with Crippen LogP contribution in [-0.2, 0) is 9.59 Å².